The third kappa shape index (κ3) is 1.77. The molecule has 4 nitrogen and oxygen atoms in total. The summed E-state index contributed by atoms with van der Waals surface area (Å²) in [6.45, 7) is 0. The van der Waals surface area contributed by atoms with E-state index >= 15 is 0 Å². The fourth-order valence-electron chi connectivity index (χ4n) is 1.48. The minimum Gasteiger partial charge on any atom is -0.497 e. The van der Waals surface area contributed by atoms with E-state index in [2.05, 4.69) is 4.98 Å². The second kappa shape index (κ2) is 4.10. The number of ketones is 1. The molecule has 0 aliphatic heterocycles. The van der Waals surface area contributed by atoms with Gasteiger partial charge in [0, 0.05) is 11.9 Å². The van der Waals surface area contributed by atoms with Gasteiger partial charge in [-0.05, 0) is 30.3 Å². The third-order valence-corrected chi connectivity index (χ3v) is 2.35. The van der Waals surface area contributed by atoms with Crippen molar-refractivity contribution in [3.63, 3.8) is 0 Å². The van der Waals surface area contributed by atoms with Crippen LogP contribution in [-0.4, -0.2) is 17.9 Å². The van der Waals surface area contributed by atoms with Crippen LogP contribution in [0.4, 0.5) is 5.69 Å². The Hall–Kier alpha value is -2.23. The zero-order valence-electron chi connectivity index (χ0n) is 8.86. The van der Waals surface area contributed by atoms with Crippen LogP contribution in [0.25, 0.3) is 0 Å². The van der Waals surface area contributed by atoms with Gasteiger partial charge in [0.25, 0.3) is 0 Å². The van der Waals surface area contributed by atoms with Crippen molar-refractivity contribution in [3.05, 3.63) is 47.8 Å². The molecule has 0 unspecified atom stereocenters. The van der Waals surface area contributed by atoms with Gasteiger partial charge < -0.3 is 15.5 Å². The van der Waals surface area contributed by atoms with E-state index < -0.39 is 0 Å². The number of methoxy groups -OCH3 is 1. The lowest BCUT2D eigenvalue weighted by molar-refractivity contribution is 0.103. The molecular formula is C12H12N2O2. The lowest BCUT2D eigenvalue weighted by Crippen LogP contribution is -2.06. The van der Waals surface area contributed by atoms with E-state index in [0.29, 0.717) is 22.7 Å². The largest absolute Gasteiger partial charge is 0.497 e. The minimum atomic E-state index is -0.138. The number of hydrogen-bond donors (Lipinski definition) is 2. The highest BCUT2D eigenvalue weighted by atomic mass is 16.5. The van der Waals surface area contributed by atoms with Crippen molar-refractivity contribution < 1.29 is 9.53 Å². The number of H-pyrrole nitrogens is 1. The molecule has 0 bridgehead atoms. The molecule has 0 aliphatic carbocycles. The molecule has 2 rings (SSSR count). The van der Waals surface area contributed by atoms with Crippen molar-refractivity contribution in [1.82, 2.24) is 4.98 Å². The molecule has 16 heavy (non-hydrogen) atoms. The maximum absolute atomic E-state index is 12.0. The van der Waals surface area contributed by atoms with E-state index in [9.17, 15) is 4.79 Å². The number of benzene rings is 1. The Morgan fingerprint density at radius 1 is 1.38 bits per heavy atom. The van der Waals surface area contributed by atoms with Crippen LogP contribution >= 0.6 is 0 Å². The second-order valence-corrected chi connectivity index (χ2v) is 3.37. The molecule has 1 aromatic carbocycles. The van der Waals surface area contributed by atoms with Crippen LogP contribution in [0.5, 0.6) is 5.75 Å². The van der Waals surface area contributed by atoms with Gasteiger partial charge in [-0.3, -0.25) is 4.79 Å². The molecule has 0 fully saturated rings. The van der Waals surface area contributed by atoms with Gasteiger partial charge in [0.2, 0.25) is 5.78 Å². The molecule has 0 spiro atoms. The topological polar surface area (TPSA) is 68.1 Å². The van der Waals surface area contributed by atoms with Crippen LogP contribution in [0, 0.1) is 0 Å². The molecule has 0 saturated heterocycles. The van der Waals surface area contributed by atoms with Gasteiger partial charge in [0.1, 0.15) is 5.75 Å². The first-order valence-corrected chi connectivity index (χ1v) is 4.84. The number of aromatic nitrogens is 1. The van der Waals surface area contributed by atoms with E-state index in [1.807, 2.05) is 0 Å². The minimum absolute atomic E-state index is 0.138. The smallest absolute Gasteiger partial charge is 0.211 e. The molecule has 1 heterocycles. The van der Waals surface area contributed by atoms with E-state index in [-0.39, 0.29) is 5.78 Å². The molecule has 82 valence electrons. The van der Waals surface area contributed by atoms with Crippen LogP contribution in [0.1, 0.15) is 16.1 Å². The number of carbonyl (C=O) groups excluding carboxylic acids is 1. The summed E-state index contributed by atoms with van der Waals surface area (Å²) in [4.78, 5) is 14.9. The number of nitrogens with two attached hydrogens (primary N) is 1. The van der Waals surface area contributed by atoms with Gasteiger partial charge in [0.05, 0.1) is 18.4 Å². The highest BCUT2D eigenvalue weighted by Crippen LogP contribution is 2.21. The van der Waals surface area contributed by atoms with Crippen LogP contribution in [-0.2, 0) is 0 Å². The van der Waals surface area contributed by atoms with Gasteiger partial charge in [0.15, 0.2) is 0 Å². The maximum atomic E-state index is 12.0. The molecule has 0 atom stereocenters. The van der Waals surface area contributed by atoms with E-state index in [1.54, 1.807) is 43.6 Å². The Bertz CT molecular complexity index is 504. The highest BCUT2D eigenvalue weighted by molar-refractivity contribution is 6.11. The Morgan fingerprint density at radius 3 is 2.81 bits per heavy atom. The fourth-order valence-corrected chi connectivity index (χ4v) is 1.48. The summed E-state index contributed by atoms with van der Waals surface area (Å²) in [6.07, 6.45) is 1.70. The van der Waals surface area contributed by atoms with Crippen molar-refractivity contribution in [2.45, 2.75) is 0 Å². The standard InChI is InChI=1S/C12H12N2O2/c1-16-8-4-5-10(13)9(7-8)12(15)11-3-2-6-14-11/h2-7,14H,13H2,1H3. The van der Waals surface area contributed by atoms with Gasteiger partial charge >= 0.3 is 0 Å². The number of ether oxygens (including phenoxy) is 1. The molecule has 0 saturated carbocycles. The average molecular weight is 216 g/mol. The molecule has 0 radical (unpaired) electrons. The Balaban J connectivity index is 2.43. The SMILES string of the molecule is COc1ccc(N)c(C(=O)c2ccc[nH]2)c1. The van der Waals surface area contributed by atoms with Crippen molar-refractivity contribution in [2.75, 3.05) is 12.8 Å². The Kier molecular flexibility index (Phi) is 2.64. The first-order chi connectivity index (χ1) is 7.72. The lowest BCUT2D eigenvalue weighted by atomic mass is 10.1. The van der Waals surface area contributed by atoms with E-state index in [0.717, 1.165) is 0 Å². The van der Waals surface area contributed by atoms with Crippen molar-refractivity contribution >= 4 is 11.5 Å². The van der Waals surface area contributed by atoms with Gasteiger partial charge in [-0.2, -0.15) is 0 Å². The third-order valence-electron chi connectivity index (χ3n) is 2.35. The monoisotopic (exact) mass is 216 g/mol. The van der Waals surface area contributed by atoms with Crippen molar-refractivity contribution in [2.24, 2.45) is 0 Å². The maximum Gasteiger partial charge on any atom is 0.211 e. The molecule has 1 aromatic heterocycles. The number of carbonyl (C=O) groups is 1. The zero-order chi connectivity index (χ0) is 11.5. The Morgan fingerprint density at radius 2 is 2.19 bits per heavy atom. The number of anilines is 1. The Labute approximate surface area is 93.0 Å². The second-order valence-electron chi connectivity index (χ2n) is 3.37. The molecule has 2 aromatic rings. The first-order valence-electron chi connectivity index (χ1n) is 4.84. The summed E-state index contributed by atoms with van der Waals surface area (Å²) in [7, 11) is 1.55. The summed E-state index contributed by atoms with van der Waals surface area (Å²) in [5.41, 5.74) is 7.17. The quantitative estimate of drug-likeness (QED) is 0.607. The number of rotatable bonds is 3. The predicted octanol–water partition coefficient (Wildman–Crippen LogP) is 1.84. The summed E-state index contributed by atoms with van der Waals surface area (Å²) < 4.78 is 5.06. The number of nitrogen functional groups attached to an aromatic ring is 1. The highest BCUT2D eigenvalue weighted by Gasteiger charge is 2.13. The summed E-state index contributed by atoms with van der Waals surface area (Å²) in [5, 5.41) is 0. The van der Waals surface area contributed by atoms with Gasteiger partial charge in [-0.25, -0.2) is 0 Å². The van der Waals surface area contributed by atoms with Crippen molar-refractivity contribution in [1.29, 1.82) is 0 Å². The first kappa shape index (κ1) is 10.3. The van der Waals surface area contributed by atoms with Crippen molar-refractivity contribution in [3.8, 4) is 5.75 Å². The zero-order valence-corrected chi connectivity index (χ0v) is 8.86. The summed E-state index contributed by atoms with van der Waals surface area (Å²) in [6, 6.07) is 8.50. The number of nitrogens with one attached hydrogen (secondary N) is 1. The molecule has 0 amide bonds. The van der Waals surface area contributed by atoms with Gasteiger partial charge in [-0.1, -0.05) is 0 Å². The number of aromatic amines is 1. The van der Waals surface area contributed by atoms with E-state index in [1.165, 1.54) is 0 Å². The lowest BCUT2D eigenvalue weighted by Gasteiger charge is -2.06. The molecule has 0 aliphatic rings. The average Bonchev–Trinajstić information content (AvgIpc) is 2.82. The summed E-state index contributed by atoms with van der Waals surface area (Å²) >= 11 is 0. The van der Waals surface area contributed by atoms with Crippen LogP contribution in [0.15, 0.2) is 36.5 Å². The molecule has 3 N–H and O–H groups in total. The fraction of sp³-hybridized carbons (Fsp3) is 0.0833. The number of hydrogen-bond acceptors (Lipinski definition) is 3. The predicted molar refractivity (Wildman–Crippen MR) is 61.6 cm³/mol. The summed E-state index contributed by atoms with van der Waals surface area (Å²) in [5.74, 6) is 0.477. The van der Waals surface area contributed by atoms with Gasteiger partial charge in [-0.15, -0.1) is 0 Å². The van der Waals surface area contributed by atoms with Crippen LogP contribution in [0.3, 0.4) is 0 Å². The molecular weight excluding hydrogens is 204 g/mol. The molecule has 4 heteroatoms. The normalized spacial score (nSPS) is 10.1. The van der Waals surface area contributed by atoms with E-state index in [4.69, 9.17) is 10.5 Å². The van der Waals surface area contributed by atoms with Crippen LogP contribution in [0.2, 0.25) is 0 Å². The van der Waals surface area contributed by atoms with Crippen LogP contribution < -0.4 is 10.5 Å².